The summed E-state index contributed by atoms with van der Waals surface area (Å²) in [6.07, 6.45) is 4.37. The minimum absolute atomic E-state index is 0.419. The minimum atomic E-state index is -1.31. The highest BCUT2D eigenvalue weighted by atomic mass is 28.3. The average Bonchev–Trinajstić information content (AvgIpc) is 2.27. The topological polar surface area (TPSA) is 17.1 Å². The fraction of sp³-hybridized carbons (Fsp3) is 0.769. The molecule has 2 heteroatoms. The van der Waals surface area contributed by atoms with Crippen molar-refractivity contribution in [3.8, 4) is 0 Å². The Balaban J connectivity index is 2.95. The molecule has 0 radical (unpaired) electrons. The van der Waals surface area contributed by atoms with Gasteiger partial charge in [0.25, 0.3) is 0 Å². The molecule has 1 aliphatic rings. The van der Waals surface area contributed by atoms with Crippen molar-refractivity contribution in [2.24, 2.45) is 0 Å². The largest absolute Gasteiger partial charge is 0.295 e. The van der Waals surface area contributed by atoms with Crippen LogP contribution in [0.2, 0.25) is 23.7 Å². The van der Waals surface area contributed by atoms with Gasteiger partial charge in [-0.2, -0.15) is 0 Å². The molecule has 0 aromatic rings. The van der Waals surface area contributed by atoms with Gasteiger partial charge in [-0.1, -0.05) is 45.0 Å². The molecule has 1 aliphatic carbocycles. The highest BCUT2D eigenvalue weighted by Gasteiger charge is 2.41. The van der Waals surface area contributed by atoms with Crippen molar-refractivity contribution in [3.05, 3.63) is 11.6 Å². The Hall–Kier alpha value is -0.373. The maximum absolute atomic E-state index is 12.2. The molecular formula is C13H24OSi. The monoisotopic (exact) mass is 224 g/mol. The highest BCUT2D eigenvalue weighted by Crippen LogP contribution is 2.40. The second-order valence-electron chi connectivity index (χ2n) is 4.80. The molecule has 0 unspecified atom stereocenters. The summed E-state index contributed by atoms with van der Waals surface area (Å²) in [4.78, 5) is 12.2. The molecule has 0 heterocycles. The van der Waals surface area contributed by atoms with Crippen LogP contribution in [0.15, 0.2) is 11.6 Å². The van der Waals surface area contributed by atoms with Crippen LogP contribution in [0.5, 0.6) is 0 Å². The summed E-state index contributed by atoms with van der Waals surface area (Å²) in [6, 6.07) is 3.80. The van der Waals surface area contributed by atoms with Crippen LogP contribution < -0.4 is 0 Å². The van der Waals surface area contributed by atoms with Crippen molar-refractivity contribution >= 4 is 13.9 Å². The first kappa shape index (κ1) is 12.7. The Labute approximate surface area is 95.0 Å². The third-order valence-corrected chi connectivity index (χ3v) is 10.7. The molecule has 0 N–H and O–H groups in total. The van der Waals surface area contributed by atoms with Crippen LogP contribution >= 0.6 is 0 Å². The SMILES string of the molecule is CC[Si](CC)(CC)[C@H]1CCC=C(C)C1=O. The molecule has 0 spiro atoms. The molecule has 0 saturated heterocycles. The Morgan fingerprint density at radius 1 is 1.27 bits per heavy atom. The van der Waals surface area contributed by atoms with E-state index < -0.39 is 8.07 Å². The summed E-state index contributed by atoms with van der Waals surface area (Å²) >= 11 is 0. The van der Waals surface area contributed by atoms with Gasteiger partial charge in [0.2, 0.25) is 0 Å². The van der Waals surface area contributed by atoms with Gasteiger partial charge in [-0.3, -0.25) is 4.79 Å². The van der Waals surface area contributed by atoms with Crippen molar-refractivity contribution in [1.29, 1.82) is 0 Å². The van der Waals surface area contributed by atoms with Gasteiger partial charge in [0.1, 0.15) is 0 Å². The highest BCUT2D eigenvalue weighted by molar-refractivity contribution is 6.84. The summed E-state index contributed by atoms with van der Waals surface area (Å²) in [5.41, 5.74) is 1.45. The normalized spacial score (nSPS) is 22.8. The van der Waals surface area contributed by atoms with Crippen molar-refractivity contribution < 1.29 is 4.79 Å². The van der Waals surface area contributed by atoms with Gasteiger partial charge in [-0.15, -0.1) is 0 Å². The number of hydrogen-bond acceptors (Lipinski definition) is 1. The maximum atomic E-state index is 12.2. The van der Waals surface area contributed by atoms with Crippen LogP contribution in [0, 0.1) is 0 Å². The summed E-state index contributed by atoms with van der Waals surface area (Å²) in [5, 5.41) is 0. The van der Waals surface area contributed by atoms with E-state index in [1.165, 1.54) is 18.1 Å². The van der Waals surface area contributed by atoms with Gasteiger partial charge in [0.05, 0.1) is 8.07 Å². The van der Waals surface area contributed by atoms with Crippen LogP contribution in [-0.2, 0) is 4.79 Å². The molecule has 0 saturated carbocycles. The summed E-state index contributed by atoms with van der Waals surface area (Å²) in [7, 11) is -1.31. The number of allylic oxidation sites excluding steroid dienone is 2. The van der Waals surface area contributed by atoms with E-state index in [-0.39, 0.29) is 0 Å². The molecule has 0 amide bonds. The fourth-order valence-electron chi connectivity index (χ4n) is 3.05. The van der Waals surface area contributed by atoms with Gasteiger partial charge in [0.15, 0.2) is 5.78 Å². The Morgan fingerprint density at radius 3 is 2.27 bits per heavy atom. The van der Waals surface area contributed by atoms with Gasteiger partial charge in [-0.25, -0.2) is 0 Å². The Morgan fingerprint density at radius 2 is 1.80 bits per heavy atom. The van der Waals surface area contributed by atoms with Crippen LogP contribution in [0.1, 0.15) is 40.5 Å². The lowest BCUT2D eigenvalue weighted by atomic mass is 9.99. The van der Waals surface area contributed by atoms with E-state index in [0.29, 0.717) is 11.3 Å². The summed E-state index contributed by atoms with van der Waals surface area (Å²) < 4.78 is 0. The average molecular weight is 224 g/mol. The number of Topliss-reactive ketones (excluding diaryl/α,β-unsaturated/α-hetero) is 1. The zero-order valence-corrected chi connectivity index (χ0v) is 11.6. The van der Waals surface area contributed by atoms with Crippen LogP contribution in [0.4, 0.5) is 0 Å². The molecule has 1 atom stereocenters. The Kier molecular flexibility index (Phi) is 4.32. The first-order valence-electron chi connectivity index (χ1n) is 6.32. The molecule has 1 nitrogen and oxygen atoms in total. The molecule has 0 aromatic carbocycles. The molecule has 0 bridgehead atoms. The van der Waals surface area contributed by atoms with Crippen molar-refractivity contribution in [2.75, 3.05) is 0 Å². The van der Waals surface area contributed by atoms with Crippen LogP contribution in [0.25, 0.3) is 0 Å². The first-order chi connectivity index (χ1) is 7.11. The minimum Gasteiger partial charge on any atom is -0.295 e. The number of carbonyl (C=O) groups excluding carboxylic acids is 1. The van der Waals surface area contributed by atoms with E-state index in [4.69, 9.17) is 0 Å². The van der Waals surface area contributed by atoms with Gasteiger partial charge in [-0.05, 0) is 25.3 Å². The first-order valence-corrected chi connectivity index (χ1v) is 9.02. The molecule has 0 fully saturated rings. The van der Waals surface area contributed by atoms with E-state index >= 15 is 0 Å². The molecule has 0 aromatic heterocycles. The van der Waals surface area contributed by atoms with Crippen LogP contribution in [0.3, 0.4) is 0 Å². The summed E-state index contributed by atoms with van der Waals surface area (Å²) in [5.74, 6) is 0.471. The molecular weight excluding hydrogens is 200 g/mol. The number of rotatable bonds is 4. The number of carbonyl (C=O) groups is 1. The quantitative estimate of drug-likeness (QED) is 0.655. The van der Waals surface area contributed by atoms with E-state index in [0.717, 1.165) is 18.4 Å². The van der Waals surface area contributed by atoms with E-state index in [1.807, 2.05) is 6.92 Å². The second kappa shape index (κ2) is 5.11. The fourth-order valence-corrected chi connectivity index (χ4v) is 7.59. The van der Waals surface area contributed by atoms with E-state index in [2.05, 4.69) is 26.8 Å². The third kappa shape index (κ3) is 2.25. The van der Waals surface area contributed by atoms with Crippen molar-refractivity contribution in [1.82, 2.24) is 0 Å². The van der Waals surface area contributed by atoms with Crippen LogP contribution in [-0.4, -0.2) is 13.9 Å². The van der Waals surface area contributed by atoms with E-state index in [9.17, 15) is 4.79 Å². The van der Waals surface area contributed by atoms with Gasteiger partial charge >= 0.3 is 0 Å². The molecule has 86 valence electrons. The lowest BCUT2D eigenvalue weighted by Crippen LogP contribution is -2.42. The zero-order valence-electron chi connectivity index (χ0n) is 10.6. The number of hydrogen-bond donors (Lipinski definition) is 0. The molecule has 0 aliphatic heterocycles. The van der Waals surface area contributed by atoms with E-state index in [1.54, 1.807) is 0 Å². The van der Waals surface area contributed by atoms with Gasteiger partial charge in [0, 0.05) is 5.54 Å². The van der Waals surface area contributed by atoms with Crippen molar-refractivity contribution in [2.45, 2.75) is 64.2 Å². The Bertz CT molecular complexity index is 255. The summed E-state index contributed by atoms with van der Waals surface area (Å²) in [6.45, 7) is 8.87. The second-order valence-corrected chi connectivity index (χ2v) is 10.3. The maximum Gasteiger partial charge on any atom is 0.158 e. The predicted molar refractivity (Wildman–Crippen MR) is 68.9 cm³/mol. The lowest BCUT2D eigenvalue weighted by molar-refractivity contribution is -0.116. The van der Waals surface area contributed by atoms with Gasteiger partial charge < -0.3 is 0 Å². The molecule has 15 heavy (non-hydrogen) atoms. The smallest absolute Gasteiger partial charge is 0.158 e. The number of ketones is 1. The lowest BCUT2D eigenvalue weighted by Gasteiger charge is -2.37. The predicted octanol–water partition coefficient (Wildman–Crippen LogP) is 4.17. The zero-order chi connectivity index (χ0) is 11.5. The third-order valence-electron chi connectivity index (χ3n) is 4.46. The molecule has 1 rings (SSSR count). The van der Waals surface area contributed by atoms with Crippen molar-refractivity contribution in [3.63, 3.8) is 0 Å². The standard InChI is InChI=1S/C13H24OSi/c1-5-15(6-2,7-3)12-10-8-9-11(4)13(12)14/h9,12H,5-8,10H2,1-4H3/t12-/m0/s1.